The van der Waals surface area contributed by atoms with Crippen LogP contribution in [0.4, 0.5) is 4.79 Å². The van der Waals surface area contributed by atoms with E-state index in [1.54, 1.807) is 25.7 Å². The van der Waals surface area contributed by atoms with Crippen LogP contribution in [0.2, 0.25) is 0 Å². The number of rotatable bonds is 8. The summed E-state index contributed by atoms with van der Waals surface area (Å²) in [6.45, 7) is 11.4. The number of imidazole rings is 1. The number of aliphatic hydroxyl groups excluding tert-OH is 1. The Balaban J connectivity index is 2.12. The highest BCUT2D eigenvalue weighted by atomic mass is 16.3. The van der Waals surface area contributed by atoms with Crippen LogP contribution in [-0.4, -0.2) is 56.1 Å². The molecule has 0 saturated carbocycles. The Labute approximate surface area is 187 Å². The van der Waals surface area contributed by atoms with Crippen LogP contribution in [0.1, 0.15) is 30.0 Å². The van der Waals surface area contributed by atoms with Crippen molar-refractivity contribution in [3.05, 3.63) is 58.8 Å². The molecule has 3 N–H and O–H groups in total. The van der Waals surface area contributed by atoms with E-state index in [0.717, 1.165) is 44.0 Å². The molecule has 0 radical (unpaired) electrons. The number of hydrogen-bond donors (Lipinski definition) is 2. The van der Waals surface area contributed by atoms with Gasteiger partial charge in [-0.15, -0.1) is 0 Å². The molecule has 1 unspecified atom stereocenters. The first kappa shape index (κ1) is 22.9. The van der Waals surface area contributed by atoms with E-state index >= 15 is 0 Å². The third-order valence-corrected chi connectivity index (χ3v) is 5.22. The summed E-state index contributed by atoms with van der Waals surface area (Å²) in [6, 6.07) is 5.23. The first-order chi connectivity index (χ1) is 15.3. The van der Waals surface area contributed by atoms with E-state index in [1.807, 2.05) is 36.7 Å². The summed E-state index contributed by atoms with van der Waals surface area (Å²) >= 11 is 0. The van der Waals surface area contributed by atoms with E-state index in [-0.39, 0.29) is 6.54 Å². The third kappa shape index (κ3) is 5.28. The lowest BCUT2D eigenvalue weighted by Crippen LogP contribution is -2.33. The Morgan fingerprint density at radius 3 is 2.84 bits per heavy atom. The maximum Gasteiger partial charge on any atom is 0.335 e. The minimum absolute atomic E-state index is 0.205. The number of fused-ring (bicyclic) bond motifs is 1. The molecule has 2 aromatic heterocycles. The number of carbonyl (C=O) groups excluding carboxylic acids is 1. The van der Waals surface area contributed by atoms with Crippen LogP contribution >= 0.6 is 0 Å². The Kier molecular flexibility index (Phi) is 7.18. The van der Waals surface area contributed by atoms with E-state index in [0.29, 0.717) is 19.4 Å². The molecule has 1 atom stereocenters. The van der Waals surface area contributed by atoms with Gasteiger partial charge in [-0.25, -0.2) is 26.3 Å². The smallest absolute Gasteiger partial charge is 0.335 e. The SMILES string of the molecule is [C-]#[N+]CCc1cc2c(/C=N/N(CCC(C)O)C(N)=O)cc(-c3cncn3C)nc2cc1C. The van der Waals surface area contributed by atoms with Gasteiger partial charge in [-0.1, -0.05) is 0 Å². The number of nitrogens with zero attached hydrogens (tertiary/aromatic N) is 6. The van der Waals surface area contributed by atoms with Gasteiger partial charge >= 0.3 is 6.03 Å². The van der Waals surface area contributed by atoms with Gasteiger partial charge in [-0.05, 0) is 49.6 Å². The van der Waals surface area contributed by atoms with E-state index in [4.69, 9.17) is 17.3 Å². The number of primary amides is 1. The summed E-state index contributed by atoms with van der Waals surface area (Å²) in [5, 5.41) is 15.8. The monoisotopic (exact) mass is 433 g/mol. The molecule has 1 aromatic carbocycles. The molecule has 0 fully saturated rings. The van der Waals surface area contributed by atoms with Crippen molar-refractivity contribution in [1.29, 1.82) is 0 Å². The minimum Gasteiger partial charge on any atom is -0.393 e. The van der Waals surface area contributed by atoms with Crippen LogP contribution in [0.3, 0.4) is 0 Å². The van der Waals surface area contributed by atoms with Crippen molar-refractivity contribution >= 4 is 23.1 Å². The number of urea groups is 1. The average Bonchev–Trinajstić information content (AvgIpc) is 3.17. The zero-order chi connectivity index (χ0) is 23.3. The van der Waals surface area contributed by atoms with Gasteiger partial charge in [0.15, 0.2) is 0 Å². The van der Waals surface area contributed by atoms with Gasteiger partial charge in [0.05, 0.1) is 41.7 Å². The lowest BCUT2D eigenvalue weighted by molar-refractivity contribution is 0.161. The maximum absolute atomic E-state index is 11.8. The van der Waals surface area contributed by atoms with E-state index in [2.05, 4.69) is 14.9 Å². The van der Waals surface area contributed by atoms with Crippen LogP contribution < -0.4 is 5.73 Å². The predicted octanol–water partition coefficient (Wildman–Crippen LogP) is 2.89. The summed E-state index contributed by atoms with van der Waals surface area (Å²) in [5.74, 6) is 0. The first-order valence-corrected chi connectivity index (χ1v) is 10.3. The zero-order valence-electron chi connectivity index (χ0n) is 18.5. The molecule has 0 aliphatic rings. The Hall–Kier alpha value is -3.77. The van der Waals surface area contributed by atoms with Crippen molar-refractivity contribution in [1.82, 2.24) is 19.5 Å². The molecular weight excluding hydrogens is 406 g/mol. The molecule has 0 aliphatic carbocycles. The lowest BCUT2D eigenvalue weighted by atomic mass is 9.99. The normalized spacial score (nSPS) is 12.2. The standard InChI is InChI=1S/C23H27N7O2/c1-15-9-20-19(10-17(15)5-7-25-3)18(11-21(28-20)22-13-26-14-29(22)4)12-27-30(23(24)32)8-6-16(2)31/h9-14,16,31H,5-8H2,1-2,4H3,(H2,24,32)/b27-12+. The third-order valence-electron chi connectivity index (χ3n) is 5.22. The molecule has 0 spiro atoms. The summed E-state index contributed by atoms with van der Waals surface area (Å²) in [6.07, 6.45) is 5.47. The van der Waals surface area contributed by atoms with Gasteiger partial charge in [-0.3, -0.25) is 0 Å². The van der Waals surface area contributed by atoms with Gasteiger partial charge in [0.1, 0.15) is 0 Å². The first-order valence-electron chi connectivity index (χ1n) is 10.3. The topological polar surface area (TPSA) is 114 Å². The molecule has 3 rings (SSSR count). The van der Waals surface area contributed by atoms with Crippen LogP contribution in [0.5, 0.6) is 0 Å². The molecule has 0 bridgehead atoms. The fourth-order valence-electron chi connectivity index (χ4n) is 3.40. The summed E-state index contributed by atoms with van der Waals surface area (Å²) in [5.41, 5.74) is 10.7. The van der Waals surface area contributed by atoms with Gasteiger partial charge in [0.2, 0.25) is 6.54 Å². The molecular formula is C23H27N7O2. The number of hydrogen-bond acceptors (Lipinski definition) is 5. The lowest BCUT2D eigenvalue weighted by Gasteiger charge is -2.16. The van der Waals surface area contributed by atoms with E-state index < -0.39 is 12.1 Å². The molecule has 0 aliphatic heterocycles. The number of aromatic nitrogens is 3. The molecule has 9 heteroatoms. The molecule has 2 heterocycles. The summed E-state index contributed by atoms with van der Waals surface area (Å²) < 4.78 is 1.88. The van der Waals surface area contributed by atoms with Crippen molar-refractivity contribution in [3.63, 3.8) is 0 Å². The van der Waals surface area contributed by atoms with E-state index in [1.165, 1.54) is 0 Å². The van der Waals surface area contributed by atoms with Crippen molar-refractivity contribution < 1.29 is 9.90 Å². The summed E-state index contributed by atoms with van der Waals surface area (Å²) in [7, 11) is 1.89. The molecule has 32 heavy (non-hydrogen) atoms. The van der Waals surface area contributed by atoms with Crippen molar-refractivity contribution in [2.45, 2.75) is 32.8 Å². The second kappa shape index (κ2) is 10.0. The largest absolute Gasteiger partial charge is 0.393 e. The number of carbonyl (C=O) groups is 1. The Morgan fingerprint density at radius 2 is 2.22 bits per heavy atom. The molecule has 2 amide bonds. The molecule has 3 aromatic rings. The van der Waals surface area contributed by atoms with Gasteiger partial charge < -0.3 is 20.3 Å². The van der Waals surface area contributed by atoms with Crippen LogP contribution in [0.15, 0.2) is 35.8 Å². The van der Waals surface area contributed by atoms with Crippen molar-refractivity contribution in [3.8, 4) is 11.4 Å². The van der Waals surface area contributed by atoms with Crippen LogP contribution in [-0.2, 0) is 13.5 Å². The predicted molar refractivity (Wildman–Crippen MR) is 124 cm³/mol. The van der Waals surface area contributed by atoms with Gasteiger partial charge in [0.25, 0.3) is 0 Å². The second-order valence-corrected chi connectivity index (χ2v) is 7.76. The Bertz CT molecular complexity index is 1190. The molecule has 9 nitrogen and oxygen atoms in total. The van der Waals surface area contributed by atoms with Crippen LogP contribution in [0, 0.1) is 13.5 Å². The average molecular weight is 434 g/mol. The highest BCUT2D eigenvalue weighted by Gasteiger charge is 2.14. The van der Waals surface area contributed by atoms with Gasteiger partial charge in [-0.2, -0.15) is 5.10 Å². The minimum atomic E-state index is -0.694. The number of hydrazone groups is 1. The number of nitrogens with two attached hydrogens (primary N) is 1. The molecule has 166 valence electrons. The number of aryl methyl sites for hydroxylation is 2. The van der Waals surface area contributed by atoms with Crippen molar-refractivity contribution in [2.75, 3.05) is 13.1 Å². The number of amides is 2. The number of pyridine rings is 1. The molecule has 0 saturated heterocycles. The quantitative estimate of drug-likeness (QED) is 0.323. The van der Waals surface area contributed by atoms with Crippen LogP contribution in [0.25, 0.3) is 27.1 Å². The number of benzene rings is 1. The zero-order valence-corrected chi connectivity index (χ0v) is 18.5. The van der Waals surface area contributed by atoms with E-state index in [9.17, 15) is 9.90 Å². The fourth-order valence-corrected chi connectivity index (χ4v) is 3.40. The highest BCUT2D eigenvalue weighted by molar-refractivity contribution is 6.00. The van der Waals surface area contributed by atoms with Gasteiger partial charge in [0, 0.05) is 31.0 Å². The summed E-state index contributed by atoms with van der Waals surface area (Å²) in [4.78, 5) is 24.3. The highest BCUT2D eigenvalue weighted by Crippen LogP contribution is 2.26. The van der Waals surface area contributed by atoms with Crippen molar-refractivity contribution in [2.24, 2.45) is 17.9 Å². The second-order valence-electron chi connectivity index (χ2n) is 7.76. The maximum atomic E-state index is 11.8. The number of aliphatic hydroxyl groups is 1. The fraction of sp³-hybridized carbons (Fsp3) is 0.348. The Morgan fingerprint density at radius 1 is 1.44 bits per heavy atom.